The number of nitrogens with one attached hydrogen (secondary N) is 2. The van der Waals surface area contributed by atoms with E-state index in [0.717, 1.165) is 21.0 Å². The molecule has 162 valence electrons. The van der Waals surface area contributed by atoms with E-state index in [2.05, 4.69) is 10.6 Å². The van der Waals surface area contributed by atoms with E-state index in [0.29, 0.717) is 6.42 Å². The maximum absolute atomic E-state index is 13.1. The molecule has 2 aromatic carbocycles. The number of benzene rings is 2. The smallest absolute Gasteiger partial charge is 0.264 e. The van der Waals surface area contributed by atoms with Crippen molar-refractivity contribution in [1.29, 1.82) is 0 Å². The van der Waals surface area contributed by atoms with Gasteiger partial charge in [-0.15, -0.1) is 0 Å². The van der Waals surface area contributed by atoms with E-state index >= 15 is 0 Å². The number of rotatable bonds is 5. The summed E-state index contributed by atoms with van der Waals surface area (Å²) in [6.45, 7) is 1.84. The minimum Gasteiger partial charge on any atom is -0.390 e. The van der Waals surface area contributed by atoms with Crippen molar-refractivity contribution in [1.82, 2.24) is 14.9 Å². The van der Waals surface area contributed by atoms with Crippen LogP contribution < -0.4 is 10.6 Å². The average molecular weight is 442 g/mol. The number of sulfonamides is 1. The Labute approximate surface area is 180 Å². The van der Waals surface area contributed by atoms with Crippen LogP contribution in [0.25, 0.3) is 0 Å². The molecule has 2 aromatic rings. The number of amides is 2. The monoisotopic (exact) mass is 441 g/mol. The molecule has 0 bridgehead atoms. The van der Waals surface area contributed by atoms with Gasteiger partial charge in [-0.3, -0.25) is 13.9 Å². The maximum Gasteiger partial charge on any atom is 0.264 e. The fourth-order valence-corrected chi connectivity index (χ4v) is 5.38. The number of carbonyl (C=O) groups is 2. The van der Waals surface area contributed by atoms with Gasteiger partial charge >= 0.3 is 0 Å². The SMILES string of the molecule is Cc1ccc(S(=O)(=O)N2C=CNC(=O)[C@H]2CC(=O)N[C@H]2c3ccccc3C[C@H]2O)cc1. The minimum absolute atomic E-state index is 0.0306. The zero-order valence-corrected chi connectivity index (χ0v) is 17.7. The topological polar surface area (TPSA) is 116 Å². The first-order valence-electron chi connectivity index (χ1n) is 9.90. The highest BCUT2D eigenvalue weighted by Crippen LogP contribution is 2.31. The van der Waals surface area contributed by atoms with Crippen molar-refractivity contribution in [3.05, 3.63) is 77.6 Å². The normalized spacial score (nSPS) is 22.7. The van der Waals surface area contributed by atoms with Crippen LogP contribution in [0.4, 0.5) is 0 Å². The summed E-state index contributed by atoms with van der Waals surface area (Å²) in [5, 5.41) is 15.6. The predicted octanol–water partition coefficient (Wildman–Crippen LogP) is 1.12. The Kier molecular flexibility index (Phi) is 5.55. The second kappa shape index (κ2) is 8.16. The van der Waals surface area contributed by atoms with E-state index in [1.54, 1.807) is 12.1 Å². The van der Waals surface area contributed by atoms with Crippen LogP contribution >= 0.6 is 0 Å². The van der Waals surface area contributed by atoms with Crippen molar-refractivity contribution in [3.8, 4) is 0 Å². The number of hydrogen-bond acceptors (Lipinski definition) is 5. The number of aliphatic hydroxyl groups excluding tert-OH is 1. The van der Waals surface area contributed by atoms with Gasteiger partial charge in [0, 0.05) is 18.8 Å². The molecule has 4 rings (SSSR count). The highest BCUT2D eigenvalue weighted by molar-refractivity contribution is 7.89. The molecule has 3 N–H and O–H groups in total. The molecule has 1 heterocycles. The van der Waals surface area contributed by atoms with Gasteiger partial charge in [-0.2, -0.15) is 0 Å². The van der Waals surface area contributed by atoms with Gasteiger partial charge in [-0.25, -0.2) is 8.42 Å². The molecule has 0 spiro atoms. The fourth-order valence-electron chi connectivity index (χ4n) is 3.93. The standard InChI is InChI=1S/C22H23N3O5S/c1-14-6-8-16(9-7-14)31(29,30)25-11-10-23-22(28)18(25)13-20(27)24-21-17-5-3-2-4-15(17)12-19(21)26/h2-11,18-19,21,26H,12-13H2,1H3,(H,23,28)(H,24,27)/t18-,19-,21+/m1/s1. The molecule has 9 heteroatoms. The molecule has 0 unspecified atom stereocenters. The molecule has 0 radical (unpaired) electrons. The number of aryl methyl sites for hydroxylation is 1. The molecule has 0 fully saturated rings. The molecule has 0 aromatic heterocycles. The van der Waals surface area contributed by atoms with Gasteiger partial charge in [0.25, 0.3) is 10.0 Å². The van der Waals surface area contributed by atoms with Crippen molar-refractivity contribution in [3.63, 3.8) is 0 Å². The Hall–Kier alpha value is -3.17. The second-order valence-electron chi connectivity index (χ2n) is 7.71. The van der Waals surface area contributed by atoms with E-state index in [4.69, 9.17) is 0 Å². The zero-order chi connectivity index (χ0) is 22.2. The largest absolute Gasteiger partial charge is 0.390 e. The molecule has 1 aliphatic carbocycles. The summed E-state index contributed by atoms with van der Waals surface area (Å²) >= 11 is 0. The molecule has 0 saturated carbocycles. The lowest BCUT2D eigenvalue weighted by molar-refractivity contribution is -0.130. The Morgan fingerprint density at radius 1 is 1.19 bits per heavy atom. The lowest BCUT2D eigenvalue weighted by Gasteiger charge is -2.31. The Bertz CT molecular complexity index is 1140. The number of aliphatic hydroxyl groups is 1. The summed E-state index contributed by atoms with van der Waals surface area (Å²) in [7, 11) is -4.04. The first kappa shape index (κ1) is 21.1. The van der Waals surface area contributed by atoms with Gasteiger partial charge in [0.15, 0.2) is 0 Å². The van der Waals surface area contributed by atoms with E-state index in [1.165, 1.54) is 24.5 Å². The summed E-state index contributed by atoms with van der Waals surface area (Å²) in [5.41, 5.74) is 2.67. The van der Waals surface area contributed by atoms with Crippen LogP contribution in [-0.2, 0) is 26.0 Å². The molecule has 3 atom stereocenters. The fraction of sp³-hybridized carbons (Fsp3) is 0.273. The molecule has 8 nitrogen and oxygen atoms in total. The minimum atomic E-state index is -4.04. The lowest BCUT2D eigenvalue weighted by atomic mass is 10.1. The molecule has 2 aliphatic rings. The van der Waals surface area contributed by atoms with E-state index in [-0.39, 0.29) is 11.3 Å². The van der Waals surface area contributed by atoms with Gasteiger partial charge in [0.1, 0.15) is 6.04 Å². The van der Waals surface area contributed by atoms with Gasteiger partial charge in [0.05, 0.1) is 23.5 Å². The number of hydrogen-bond donors (Lipinski definition) is 3. The highest BCUT2D eigenvalue weighted by atomic mass is 32.2. The Morgan fingerprint density at radius 2 is 1.90 bits per heavy atom. The third kappa shape index (κ3) is 4.06. The van der Waals surface area contributed by atoms with Crippen LogP contribution in [0.5, 0.6) is 0 Å². The van der Waals surface area contributed by atoms with Crippen LogP contribution in [0.2, 0.25) is 0 Å². The predicted molar refractivity (Wildman–Crippen MR) is 113 cm³/mol. The molecule has 1 aliphatic heterocycles. The number of fused-ring (bicyclic) bond motifs is 1. The van der Waals surface area contributed by atoms with Gasteiger partial charge in [-0.1, -0.05) is 42.0 Å². The van der Waals surface area contributed by atoms with E-state index in [9.17, 15) is 23.1 Å². The third-order valence-electron chi connectivity index (χ3n) is 5.55. The van der Waals surface area contributed by atoms with Crippen LogP contribution in [0.3, 0.4) is 0 Å². The highest BCUT2D eigenvalue weighted by Gasteiger charge is 2.38. The summed E-state index contributed by atoms with van der Waals surface area (Å²) in [4.78, 5) is 25.3. The van der Waals surface area contributed by atoms with E-state index in [1.807, 2.05) is 31.2 Å². The Balaban J connectivity index is 1.54. The molecular formula is C22H23N3O5S. The summed E-state index contributed by atoms with van der Waals surface area (Å²) in [6, 6.07) is 11.8. The first-order valence-corrected chi connectivity index (χ1v) is 11.3. The third-order valence-corrected chi connectivity index (χ3v) is 7.35. The van der Waals surface area contributed by atoms with Crippen molar-refractivity contribution in [2.45, 2.75) is 42.8 Å². The van der Waals surface area contributed by atoms with Crippen molar-refractivity contribution in [2.24, 2.45) is 0 Å². The van der Waals surface area contributed by atoms with Crippen LogP contribution in [0.1, 0.15) is 29.2 Å². The van der Waals surface area contributed by atoms with Crippen molar-refractivity contribution >= 4 is 21.8 Å². The Morgan fingerprint density at radius 3 is 2.65 bits per heavy atom. The summed E-state index contributed by atoms with van der Waals surface area (Å²) in [6.07, 6.45) is 1.73. The van der Waals surface area contributed by atoms with Gasteiger partial charge < -0.3 is 15.7 Å². The number of carbonyl (C=O) groups excluding carboxylic acids is 2. The number of nitrogens with zero attached hydrogens (tertiary/aromatic N) is 1. The van der Waals surface area contributed by atoms with Gasteiger partial charge in [0.2, 0.25) is 11.8 Å². The average Bonchev–Trinajstić information content (AvgIpc) is 3.05. The molecule has 2 amide bonds. The maximum atomic E-state index is 13.1. The van der Waals surface area contributed by atoms with Crippen molar-refractivity contribution < 1.29 is 23.1 Å². The second-order valence-corrected chi connectivity index (χ2v) is 9.55. The van der Waals surface area contributed by atoms with Crippen LogP contribution in [0.15, 0.2) is 65.8 Å². The summed E-state index contributed by atoms with van der Waals surface area (Å²) < 4.78 is 27.2. The van der Waals surface area contributed by atoms with Crippen molar-refractivity contribution in [2.75, 3.05) is 0 Å². The molecule has 31 heavy (non-hydrogen) atoms. The first-order chi connectivity index (χ1) is 14.8. The van der Waals surface area contributed by atoms with E-state index < -0.39 is 40.0 Å². The summed E-state index contributed by atoms with van der Waals surface area (Å²) in [5.74, 6) is -1.12. The molecular weight excluding hydrogens is 418 g/mol. The van der Waals surface area contributed by atoms with Crippen LogP contribution in [0, 0.1) is 6.92 Å². The van der Waals surface area contributed by atoms with Crippen LogP contribution in [-0.4, -0.2) is 41.8 Å². The lowest BCUT2D eigenvalue weighted by Crippen LogP contribution is -2.51. The quantitative estimate of drug-likeness (QED) is 0.643. The molecule has 0 saturated heterocycles. The zero-order valence-electron chi connectivity index (χ0n) is 16.9. The van der Waals surface area contributed by atoms with Gasteiger partial charge in [-0.05, 0) is 30.2 Å².